The van der Waals surface area contributed by atoms with Crippen LogP contribution in [0.1, 0.15) is 42.7 Å². The molecule has 1 amide bonds. The van der Waals surface area contributed by atoms with Crippen LogP contribution in [0.15, 0.2) is 97.1 Å². The molecule has 3 unspecified atom stereocenters. The van der Waals surface area contributed by atoms with E-state index in [0.29, 0.717) is 6.42 Å². The third-order valence-corrected chi connectivity index (χ3v) is 6.38. The average molecular weight is 425 g/mol. The van der Waals surface area contributed by atoms with Gasteiger partial charge in [0.05, 0.1) is 5.92 Å². The zero-order valence-electron chi connectivity index (χ0n) is 18.7. The summed E-state index contributed by atoms with van der Waals surface area (Å²) in [5, 5.41) is 6.90. The van der Waals surface area contributed by atoms with Crippen molar-refractivity contribution in [3.05, 3.63) is 108 Å². The lowest BCUT2D eigenvalue weighted by atomic mass is 9.85. The van der Waals surface area contributed by atoms with Crippen molar-refractivity contribution in [2.45, 2.75) is 37.6 Å². The molecule has 3 nitrogen and oxygen atoms in total. The smallest absolute Gasteiger partial charge is 0.228 e. The highest BCUT2D eigenvalue weighted by Crippen LogP contribution is 2.28. The quantitative estimate of drug-likeness (QED) is 0.480. The van der Waals surface area contributed by atoms with Crippen LogP contribution < -0.4 is 10.6 Å². The van der Waals surface area contributed by atoms with E-state index in [1.807, 2.05) is 37.3 Å². The SMILES string of the molecule is C/C=C/CC(C(=O)NC1CCNCC1c1ccccc1)c1ccc(-c2ccccc2)cc1. The van der Waals surface area contributed by atoms with Crippen LogP contribution >= 0.6 is 0 Å². The highest BCUT2D eigenvalue weighted by Gasteiger charge is 2.30. The Bertz CT molecular complexity index is 1010. The predicted octanol–water partition coefficient (Wildman–Crippen LogP) is 5.67. The first-order valence-corrected chi connectivity index (χ1v) is 11.6. The monoisotopic (exact) mass is 424 g/mol. The van der Waals surface area contributed by atoms with Gasteiger partial charge in [0, 0.05) is 18.5 Å². The molecule has 0 radical (unpaired) electrons. The van der Waals surface area contributed by atoms with Crippen molar-refractivity contribution in [2.24, 2.45) is 0 Å². The number of hydrogen-bond donors (Lipinski definition) is 2. The van der Waals surface area contributed by atoms with Crippen molar-refractivity contribution in [2.75, 3.05) is 13.1 Å². The van der Waals surface area contributed by atoms with Crippen molar-refractivity contribution in [1.29, 1.82) is 0 Å². The van der Waals surface area contributed by atoms with Gasteiger partial charge in [0.15, 0.2) is 0 Å². The molecule has 3 heteroatoms. The van der Waals surface area contributed by atoms with Crippen LogP contribution in [0.25, 0.3) is 11.1 Å². The first kappa shape index (κ1) is 22.0. The highest BCUT2D eigenvalue weighted by molar-refractivity contribution is 5.84. The van der Waals surface area contributed by atoms with Crippen LogP contribution in [0.3, 0.4) is 0 Å². The van der Waals surface area contributed by atoms with E-state index in [9.17, 15) is 4.79 Å². The molecule has 0 saturated carbocycles. The second-order valence-corrected chi connectivity index (χ2v) is 8.47. The van der Waals surface area contributed by atoms with Gasteiger partial charge in [-0.1, -0.05) is 97.1 Å². The second kappa shape index (κ2) is 10.9. The van der Waals surface area contributed by atoms with Crippen LogP contribution in [0.2, 0.25) is 0 Å². The molecule has 1 fully saturated rings. The van der Waals surface area contributed by atoms with Gasteiger partial charge in [0.1, 0.15) is 0 Å². The minimum absolute atomic E-state index is 0.114. The number of nitrogens with one attached hydrogen (secondary N) is 2. The molecular formula is C29H32N2O. The lowest BCUT2D eigenvalue weighted by Crippen LogP contribution is -2.49. The summed E-state index contributed by atoms with van der Waals surface area (Å²) >= 11 is 0. The van der Waals surface area contributed by atoms with Crippen LogP contribution in [-0.2, 0) is 4.79 Å². The fourth-order valence-corrected chi connectivity index (χ4v) is 4.57. The molecular weight excluding hydrogens is 392 g/mol. The molecule has 3 aromatic carbocycles. The van der Waals surface area contributed by atoms with Gasteiger partial charge in [-0.2, -0.15) is 0 Å². The summed E-state index contributed by atoms with van der Waals surface area (Å²) in [5.74, 6) is 0.211. The third kappa shape index (κ3) is 5.35. The molecule has 164 valence electrons. The Labute approximate surface area is 191 Å². The van der Waals surface area contributed by atoms with Crippen LogP contribution in [0.5, 0.6) is 0 Å². The summed E-state index contributed by atoms with van der Waals surface area (Å²) in [6.07, 6.45) is 5.75. The minimum atomic E-state index is -0.192. The summed E-state index contributed by atoms with van der Waals surface area (Å²) in [7, 11) is 0. The Morgan fingerprint density at radius 2 is 1.62 bits per heavy atom. The maximum Gasteiger partial charge on any atom is 0.228 e. The van der Waals surface area contributed by atoms with E-state index in [1.54, 1.807) is 0 Å². The van der Waals surface area contributed by atoms with Gasteiger partial charge in [-0.25, -0.2) is 0 Å². The lowest BCUT2D eigenvalue weighted by molar-refractivity contribution is -0.123. The first-order chi connectivity index (χ1) is 15.8. The molecule has 2 N–H and O–H groups in total. The van der Waals surface area contributed by atoms with E-state index < -0.39 is 0 Å². The molecule has 3 aromatic rings. The summed E-state index contributed by atoms with van der Waals surface area (Å²) < 4.78 is 0. The van der Waals surface area contributed by atoms with Crippen molar-refractivity contribution < 1.29 is 4.79 Å². The number of allylic oxidation sites excluding steroid dienone is 2. The van der Waals surface area contributed by atoms with Crippen LogP contribution in [-0.4, -0.2) is 25.0 Å². The summed E-state index contributed by atoms with van der Waals surface area (Å²) in [5.41, 5.74) is 4.70. The maximum absolute atomic E-state index is 13.5. The van der Waals surface area contributed by atoms with Crippen molar-refractivity contribution in [1.82, 2.24) is 10.6 Å². The number of rotatable bonds is 7. The third-order valence-electron chi connectivity index (χ3n) is 6.38. The Hall–Kier alpha value is -3.17. The number of piperidine rings is 1. The fraction of sp³-hybridized carbons (Fsp3) is 0.276. The fourth-order valence-electron chi connectivity index (χ4n) is 4.57. The van der Waals surface area contributed by atoms with Gasteiger partial charge in [0.25, 0.3) is 0 Å². The number of carbonyl (C=O) groups is 1. The molecule has 1 saturated heterocycles. The number of carbonyl (C=O) groups excluding carboxylic acids is 1. The lowest BCUT2D eigenvalue weighted by Gasteiger charge is -2.34. The minimum Gasteiger partial charge on any atom is -0.352 e. The molecule has 0 aliphatic carbocycles. The van der Waals surface area contributed by atoms with Gasteiger partial charge in [-0.05, 0) is 48.6 Å². The average Bonchev–Trinajstić information content (AvgIpc) is 2.86. The predicted molar refractivity (Wildman–Crippen MR) is 133 cm³/mol. The molecule has 1 aliphatic rings. The van der Waals surface area contributed by atoms with Crippen LogP contribution in [0.4, 0.5) is 0 Å². The van der Waals surface area contributed by atoms with Gasteiger partial charge >= 0.3 is 0 Å². The van der Waals surface area contributed by atoms with Gasteiger partial charge < -0.3 is 10.6 Å². The standard InChI is InChI=1S/C29H32N2O/c1-2-3-14-26(25-17-15-23(16-18-25)22-10-6-4-7-11-22)29(32)31-28-19-20-30-21-27(28)24-12-8-5-9-13-24/h2-13,15-18,26-28,30H,14,19-21H2,1H3,(H,31,32)/b3-2+. The molecule has 1 heterocycles. The molecule has 3 atom stereocenters. The Balaban J connectivity index is 1.53. The normalized spacial score (nSPS) is 19.5. The second-order valence-electron chi connectivity index (χ2n) is 8.47. The van der Waals surface area contributed by atoms with Gasteiger partial charge in [-0.15, -0.1) is 0 Å². The zero-order valence-corrected chi connectivity index (χ0v) is 18.7. The van der Waals surface area contributed by atoms with E-state index in [-0.39, 0.29) is 23.8 Å². The van der Waals surface area contributed by atoms with E-state index in [1.165, 1.54) is 16.7 Å². The largest absolute Gasteiger partial charge is 0.352 e. The Morgan fingerprint density at radius 1 is 0.969 bits per heavy atom. The van der Waals surface area contributed by atoms with E-state index in [2.05, 4.69) is 77.4 Å². The van der Waals surface area contributed by atoms with Crippen molar-refractivity contribution >= 4 is 5.91 Å². The Morgan fingerprint density at radius 3 is 2.31 bits per heavy atom. The topological polar surface area (TPSA) is 41.1 Å². The number of benzene rings is 3. The molecule has 4 rings (SSSR count). The Kier molecular flexibility index (Phi) is 7.52. The maximum atomic E-state index is 13.5. The van der Waals surface area contributed by atoms with Gasteiger partial charge in [-0.3, -0.25) is 4.79 Å². The first-order valence-electron chi connectivity index (χ1n) is 11.6. The van der Waals surface area contributed by atoms with Crippen molar-refractivity contribution in [3.8, 4) is 11.1 Å². The van der Waals surface area contributed by atoms with E-state index in [0.717, 1.165) is 25.1 Å². The molecule has 32 heavy (non-hydrogen) atoms. The number of amides is 1. The zero-order chi connectivity index (χ0) is 22.2. The van der Waals surface area contributed by atoms with E-state index in [4.69, 9.17) is 0 Å². The summed E-state index contributed by atoms with van der Waals surface area (Å²) in [6.45, 7) is 3.82. The summed E-state index contributed by atoms with van der Waals surface area (Å²) in [4.78, 5) is 13.5. The van der Waals surface area contributed by atoms with E-state index >= 15 is 0 Å². The van der Waals surface area contributed by atoms with Crippen LogP contribution in [0, 0.1) is 0 Å². The van der Waals surface area contributed by atoms with Crippen molar-refractivity contribution in [3.63, 3.8) is 0 Å². The number of hydrogen-bond acceptors (Lipinski definition) is 2. The summed E-state index contributed by atoms with van der Waals surface area (Å²) in [6, 6.07) is 29.5. The molecule has 0 spiro atoms. The molecule has 1 aliphatic heterocycles. The highest BCUT2D eigenvalue weighted by atomic mass is 16.1. The van der Waals surface area contributed by atoms with Gasteiger partial charge in [0.2, 0.25) is 5.91 Å². The molecule has 0 bridgehead atoms. The molecule has 0 aromatic heterocycles.